The molecule has 1 N–H and O–H groups in total. The van der Waals surface area contributed by atoms with Crippen molar-refractivity contribution in [3.05, 3.63) is 29.3 Å². The molecule has 1 aromatic rings. The van der Waals surface area contributed by atoms with Gasteiger partial charge in [0.1, 0.15) is 17.2 Å². The van der Waals surface area contributed by atoms with Gasteiger partial charge in [0, 0.05) is 24.6 Å². The molecule has 2 aliphatic rings. The number of carbonyl (C=O) groups is 2. The van der Waals surface area contributed by atoms with Crippen molar-refractivity contribution in [3.63, 3.8) is 0 Å². The van der Waals surface area contributed by atoms with Crippen LogP contribution in [0.3, 0.4) is 0 Å². The van der Waals surface area contributed by atoms with Gasteiger partial charge in [-0.1, -0.05) is 0 Å². The number of nitrogens with one attached hydrogen (secondary N) is 1. The lowest BCUT2D eigenvalue weighted by Gasteiger charge is -2.34. The molecular weight excluding hydrogens is 433 g/mol. The molecule has 0 unspecified atom stereocenters. The van der Waals surface area contributed by atoms with Crippen molar-refractivity contribution in [2.24, 2.45) is 0 Å². The number of piperidine rings is 1. The predicted molar refractivity (Wildman–Crippen MR) is 120 cm³/mol. The maximum atomic E-state index is 14.9. The Morgan fingerprint density at radius 2 is 1.73 bits per heavy atom. The van der Waals surface area contributed by atoms with Crippen LogP contribution in [-0.2, 0) is 14.0 Å². The first-order chi connectivity index (χ1) is 15.1. The molecular formula is C23H33BF2N2O5. The van der Waals surface area contributed by atoms with E-state index in [0.717, 1.165) is 12.1 Å². The standard InChI is InChI=1S/C23H33BF2N2O5/c1-21(2,3)31-20(30)28-10-8-9-14(13-28)27-19(29)15-11-18(26)16(12-17(15)25)24-32-22(4,5)23(6,7)33-24/h11-12,14H,8-10,13H2,1-7H3,(H,27,29)/t14-/m0/s1. The summed E-state index contributed by atoms with van der Waals surface area (Å²) in [5.74, 6) is -2.42. The van der Waals surface area contributed by atoms with E-state index in [4.69, 9.17) is 14.0 Å². The quantitative estimate of drug-likeness (QED) is 0.692. The zero-order valence-electron chi connectivity index (χ0n) is 20.4. The number of likely N-dealkylation sites (tertiary alicyclic amines) is 1. The molecule has 2 fully saturated rings. The van der Waals surface area contributed by atoms with Gasteiger partial charge in [0.05, 0.1) is 16.8 Å². The Morgan fingerprint density at radius 1 is 1.12 bits per heavy atom. The number of hydrogen-bond acceptors (Lipinski definition) is 5. The van der Waals surface area contributed by atoms with Crippen molar-refractivity contribution in [2.45, 2.75) is 84.2 Å². The molecule has 1 atom stereocenters. The van der Waals surface area contributed by atoms with E-state index in [-0.39, 0.29) is 12.0 Å². The molecule has 0 saturated carbocycles. The average Bonchev–Trinajstić information content (AvgIpc) is 2.89. The number of ether oxygens (including phenoxy) is 1. The number of carbonyl (C=O) groups excluding carboxylic acids is 2. The van der Waals surface area contributed by atoms with Gasteiger partial charge in [-0.25, -0.2) is 13.6 Å². The Morgan fingerprint density at radius 3 is 2.30 bits per heavy atom. The number of rotatable bonds is 3. The number of benzene rings is 1. The highest BCUT2D eigenvalue weighted by Gasteiger charge is 2.52. The lowest BCUT2D eigenvalue weighted by Crippen LogP contribution is -2.50. The molecule has 0 radical (unpaired) electrons. The Bertz CT molecular complexity index is 916. The number of nitrogens with zero attached hydrogens (tertiary/aromatic N) is 1. The zero-order valence-corrected chi connectivity index (χ0v) is 20.4. The third-order valence-electron chi connectivity index (χ3n) is 6.25. The highest BCUT2D eigenvalue weighted by Crippen LogP contribution is 2.36. The van der Waals surface area contributed by atoms with Crippen LogP contribution in [0.25, 0.3) is 0 Å². The minimum atomic E-state index is -1.08. The molecule has 182 valence electrons. The van der Waals surface area contributed by atoms with Gasteiger partial charge in [-0.2, -0.15) is 0 Å². The number of amides is 2. The summed E-state index contributed by atoms with van der Waals surface area (Å²) in [5, 5.41) is 2.71. The van der Waals surface area contributed by atoms with Crippen LogP contribution in [0.1, 0.15) is 71.7 Å². The molecule has 0 aromatic heterocycles. The van der Waals surface area contributed by atoms with Crippen LogP contribution in [0.4, 0.5) is 13.6 Å². The van der Waals surface area contributed by atoms with Gasteiger partial charge in [-0.3, -0.25) is 4.79 Å². The van der Waals surface area contributed by atoms with E-state index in [9.17, 15) is 18.4 Å². The summed E-state index contributed by atoms with van der Waals surface area (Å²) in [6.07, 6.45) is 0.800. The van der Waals surface area contributed by atoms with E-state index in [2.05, 4.69) is 5.32 Å². The summed E-state index contributed by atoms with van der Waals surface area (Å²) in [5.41, 5.74) is -2.57. The van der Waals surface area contributed by atoms with Crippen LogP contribution >= 0.6 is 0 Å². The van der Waals surface area contributed by atoms with E-state index in [1.807, 2.05) is 27.7 Å². The maximum Gasteiger partial charge on any atom is 0.497 e. The average molecular weight is 466 g/mol. The largest absolute Gasteiger partial charge is 0.497 e. The van der Waals surface area contributed by atoms with Gasteiger partial charge in [0.25, 0.3) is 5.91 Å². The summed E-state index contributed by atoms with van der Waals surface area (Å²) in [6.45, 7) is 13.3. The van der Waals surface area contributed by atoms with Gasteiger partial charge in [-0.05, 0) is 73.4 Å². The van der Waals surface area contributed by atoms with E-state index < -0.39 is 59.2 Å². The van der Waals surface area contributed by atoms with Crippen molar-refractivity contribution < 1.29 is 32.4 Å². The molecule has 7 nitrogen and oxygen atoms in total. The molecule has 2 amide bonds. The van der Waals surface area contributed by atoms with Gasteiger partial charge >= 0.3 is 13.2 Å². The van der Waals surface area contributed by atoms with Crippen LogP contribution in [0, 0.1) is 11.6 Å². The molecule has 2 heterocycles. The summed E-state index contributed by atoms with van der Waals surface area (Å²) >= 11 is 0. The minimum absolute atomic E-state index is 0.100. The first kappa shape index (κ1) is 25.4. The second-order valence-electron chi connectivity index (χ2n) is 10.7. The lowest BCUT2D eigenvalue weighted by molar-refractivity contribution is 0.00578. The van der Waals surface area contributed by atoms with Gasteiger partial charge < -0.3 is 24.3 Å². The minimum Gasteiger partial charge on any atom is -0.444 e. The molecule has 3 rings (SSSR count). The summed E-state index contributed by atoms with van der Waals surface area (Å²) in [7, 11) is -1.08. The van der Waals surface area contributed by atoms with E-state index in [1.54, 1.807) is 20.8 Å². The highest BCUT2D eigenvalue weighted by molar-refractivity contribution is 6.62. The summed E-state index contributed by atoms with van der Waals surface area (Å²) < 4.78 is 46.7. The molecule has 0 aliphatic carbocycles. The van der Waals surface area contributed by atoms with E-state index in [1.165, 1.54) is 4.90 Å². The number of hydrogen-bond donors (Lipinski definition) is 1. The first-order valence-corrected chi connectivity index (χ1v) is 11.2. The van der Waals surface area contributed by atoms with Crippen molar-refractivity contribution in [1.29, 1.82) is 0 Å². The highest BCUT2D eigenvalue weighted by atomic mass is 19.1. The third kappa shape index (κ3) is 5.66. The van der Waals surface area contributed by atoms with Crippen molar-refractivity contribution in [2.75, 3.05) is 13.1 Å². The fourth-order valence-electron chi connectivity index (χ4n) is 3.74. The second-order valence-corrected chi connectivity index (χ2v) is 10.7. The third-order valence-corrected chi connectivity index (χ3v) is 6.25. The molecule has 0 spiro atoms. The molecule has 2 aliphatic heterocycles. The van der Waals surface area contributed by atoms with Crippen LogP contribution < -0.4 is 10.8 Å². The first-order valence-electron chi connectivity index (χ1n) is 11.2. The van der Waals surface area contributed by atoms with Crippen LogP contribution in [0.15, 0.2) is 12.1 Å². The van der Waals surface area contributed by atoms with Crippen LogP contribution in [0.2, 0.25) is 0 Å². The van der Waals surface area contributed by atoms with E-state index in [0.29, 0.717) is 19.4 Å². The zero-order chi connectivity index (χ0) is 24.8. The van der Waals surface area contributed by atoms with Gasteiger partial charge in [0.15, 0.2) is 0 Å². The summed E-state index contributed by atoms with van der Waals surface area (Å²) in [4.78, 5) is 26.6. The van der Waals surface area contributed by atoms with Gasteiger partial charge in [0.2, 0.25) is 0 Å². The SMILES string of the molecule is CC(C)(C)OC(=O)N1CCC[C@H](NC(=O)c2cc(F)c(B3OC(C)(C)C(C)(C)O3)cc2F)C1. The molecule has 1 aromatic carbocycles. The monoisotopic (exact) mass is 466 g/mol. The Hall–Kier alpha value is -2.20. The summed E-state index contributed by atoms with van der Waals surface area (Å²) in [6, 6.07) is 1.41. The molecule has 2 saturated heterocycles. The second kappa shape index (κ2) is 8.87. The van der Waals surface area contributed by atoms with Crippen LogP contribution in [0.5, 0.6) is 0 Å². The van der Waals surface area contributed by atoms with Crippen molar-refractivity contribution >= 4 is 24.6 Å². The fourth-order valence-corrected chi connectivity index (χ4v) is 3.74. The van der Waals surface area contributed by atoms with E-state index >= 15 is 0 Å². The topological polar surface area (TPSA) is 77.1 Å². The smallest absolute Gasteiger partial charge is 0.444 e. The lowest BCUT2D eigenvalue weighted by atomic mass is 9.78. The normalized spacial score (nSPS) is 22.3. The molecule has 33 heavy (non-hydrogen) atoms. The van der Waals surface area contributed by atoms with Gasteiger partial charge in [-0.15, -0.1) is 0 Å². The molecule has 10 heteroatoms. The Balaban J connectivity index is 1.70. The van der Waals surface area contributed by atoms with Crippen LogP contribution in [-0.4, -0.2) is 60.0 Å². The fraction of sp³-hybridized carbons (Fsp3) is 0.652. The van der Waals surface area contributed by atoms with Crippen molar-refractivity contribution in [1.82, 2.24) is 10.2 Å². The maximum absolute atomic E-state index is 14.9. The molecule has 0 bridgehead atoms. The number of halogens is 2. The predicted octanol–water partition coefficient (Wildman–Crippen LogP) is 3.39. The Kier molecular flexibility index (Phi) is 6.83. The Labute approximate surface area is 194 Å². The van der Waals surface area contributed by atoms with Crippen molar-refractivity contribution in [3.8, 4) is 0 Å².